The lowest BCUT2D eigenvalue weighted by molar-refractivity contribution is 0.0989. The van der Waals surface area contributed by atoms with Crippen LogP contribution in [0.2, 0.25) is 0 Å². The maximum atomic E-state index is 12.3. The van der Waals surface area contributed by atoms with Gasteiger partial charge in [0.2, 0.25) is 5.16 Å². The number of aryl methyl sites for hydroxylation is 1. The summed E-state index contributed by atoms with van der Waals surface area (Å²) < 4.78 is 0. The number of rotatable bonds is 6. The molecule has 122 valence electrons. The zero-order valence-corrected chi connectivity index (χ0v) is 14.4. The van der Waals surface area contributed by atoms with Crippen LogP contribution in [-0.2, 0) is 6.42 Å². The van der Waals surface area contributed by atoms with Crippen LogP contribution in [-0.4, -0.2) is 31.2 Å². The second-order valence-corrected chi connectivity index (χ2v) is 6.66. The number of hydrogen-bond acceptors (Lipinski definition) is 5. The molecule has 0 bridgehead atoms. The Hall–Kier alpha value is -2.47. The summed E-state index contributed by atoms with van der Waals surface area (Å²) in [6.45, 7) is 3.96. The normalized spacial score (nSPS) is 12.1. The SMILES string of the molecule is CCc1ccc(-c2nc(SC(C)C(=O)c3ccccn3)n[nH]2)cc1. The number of carbonyl (C=O) groups is 1. The summed E-state index contributed by atoms with van der Waals surface area (Å²) in [5, 5.41) is 7.40. The van der Waals surface area contributed by atoms with Gasteiger partial charge in [0.1, 0.15) is 5.69 Å². The molecule has 0 amide bonds. The topological polar surface area (TPSA) is 71.5 Å². The molecule has 0 saturated carbocycles. The van der Waals surface area contributed by atoms with Crippen LogP contribution in [0.3, 0.4) is 0 Å². The molecule has 1 N–H and O–H groups in total. The van der Waals surface area contributed by atoms with Gasteiger partial charge in [-0.1, -0.05) is 49.0 Å². The molecule has 0 spiro atoms. The zero-order chi connectivity index (χ0) is 16.9. The second kappa shape index (κ2) is 7.40. The molecule has 1 unspecified atom stereocenters. The number of carbonyl (C=O) groups excluding carboxylic acids is 1. The van der Waals surface area contributed by atoms with E-state index in [1.807, 2.05) is 25.1 Å². The highest BCUT2D eigenvalue weighted by atomic mass is 32.2. The fourth-order valence-corrected chi connectivity index (χ4v) is 3.04. The predicted octanol–water partition coefficient (Wildman–Crippen LogP) is 3.79. The van der Waals surface area contributed by atoms with E-state index >= 15 is 0 Å². The minimum Gasteiger partial charge on any atom is -0.291 e. The van der Waals surface area contributed by atoms with Gasteiger partial charge in [-0.3, -0.25) is 14.9 Å². The smallest absolute Gasteiger partial charge is 0.209 e. The Balaban J connectivity index is 1.70. The van der Waals surface area contributed by atoms with E-state index in [1.54, 1.807) is 18.3 Å². The number of benzene rings is 1. The first-order chi connectivity index (χ1) is 11.7. The van der Waals surface area contributed by atoms with E-state index in [-0.39, 0.29) is 11.0 Å². The quantitative estimate of drug-likeness (QED) is 0.547. The Morgan fingerprint density at radius 3 is 2.67 bits per heavy atom. The van der Waals surface area contributed by atoms with Crippen molar-refractivity contribution in [3.8, 4) is 11.4 Å². The third kappa shape index (κ3) is 3.71. The van der Waals surface area contributed by atoms with Crippen LogP contribution >= 0.6 is 11.8 Å². The molecule has 1 atom stereocenters. The van der Waals surface area contributed by atoms with E-state index in [4.69, 9.17) is 0 Å². The van der Waals surface area contributed by atoms with Crippen molar-refractivity contribution in [1.82, 2.24) is 20.2 Å². The maximum Gasteiger partial charge on any atom is 0.209 e. The summed E-state index contributed by atoms with van der Waals surface area (Å²) in [6.07, 6.45) is 2.63. The Kier molecular flexibility index (Phi) is 5.05. The summed E-state index contributed by atoms with van der Waals surface area (Å²) in [4.78, 5) is 20.9. The molecule has 5 nitrogen and oxygen atoms in total. The van der Waals surface area contributed by atoms with Gasteiger partial charge in [-0.15, -0.1) is 5.10 Å². The summed E-state index contributed by atoms with van der Waals surface area (Å²) in [5.74, 6) is 0.678. The number of aromatic amines is 1. The van der Waals surface area contributed by atoms with Crippen LogP contribution in [0.5, 0.6) is 0 Å². The van der Waals surface area contributed by atoms with Gasteiger partial charge in [-0.25, -0.2) is 4.98 Å². The van der Waals surface area contributed by atoms with Gasteiger partial charge < -0.3 is 0 Å². The number of ketones is 1. The first-order valence-corrected chi connectivity index (χ1v) is 8.69. The number of pyridine rings is 1. The van der Waals surface area contributed by atoms with Crippen molar-refractivity contribution < 1.29 is 4.79 Å². The number of nitrogens with zero attached hydrogens (tertiary/aromatic N) is 3. The highest BCUT2D eigenvalue weighted by Crippen LogP contribution is 2.24. The standard InChI is InChI=1S/C18H18N4OS/c1-3-13-7-9-14(10-8-13)17-20-18(22-21-17)24-12(2)16(23)15-6-4-5-11-19-15/h4-12H,3H2,1-2H3,(H,20,21,22). The molecule has 0 aliphatic heterocycles. The van der Waals surface area contributed by atoms with Gasteiger partial charge in [-0.05, 0) is 31.0 Å². The van der Waals surface area contributed by atoms with Crippen LogP contribution in [0.1, 0.15) is 29.9 Å². The molecular weight excluding hydrogens is 320 g/mol. The van der Waals surface area contributed by atoms with Crippen molar-refractivity contribution in [3.63, 3.8) is 0 Å². The van der Waals surface area contributed by atoms with Crippen LogP contribution in [0.15, 0.2) is 53.8 Å². The highest BCUT2D eigenvalue weighted by Gasteiger charge is 2.19. The lowest BCUT2D eigenvalue weighted by atomic mass is 10.1. The summed E-state index contributed by atoms with van der Waals surface area (Å²) in [7, 11) is 0. The molecule has 2 aromatic heterocycles. The van der Waals surface area contributed by atoms with E-state index in [2.05, 4.69) is 39.2 Å². The molecule has 1 aromatic carbocycles. The van der Waals surface area contributed by atoms with Crippen molar-refractivity contribution in [2.45, 2.75) is 30.7 Å². The zero-order valence-electron chi connectivity index (χ0n) is 13.6. The second-order valence-electron chi connectivity index (χ2n) is 5.36. The Labute approximate surface area is 144 Å². The van der Waals surface area contributed by atoms with Crippen LogP contribution in [0, 0.1) is 0 Å². The van der Waals surface area contributed by atoms with E-state index in [0.29, 0.717) is 16.7 Å². The number of hydrogen-bond donors (Lipinski definition) is 1. The van der Waals surface area contributed by atoms with E-state index in [9.17, 15) is 4.79 Å². The minimum atomic E-state index is -0.300. The number of nitrogens with one attached hydrogen (secondary N) is 1. The molecule has 2 heterocycles. The summed E-state index contributed by atoms with van der Waals surface area (Å²) in [6, 6.07) is 13.5. The van der Waals surface area contributed by atoms with Crippen molar-refractivity contribution in [2.24, 2.45) is 0 Å². The van der Waals surface area contributed by atoms with Gasteiger partial charge in [0, 0.05) is 11.8 Å². The summed E-state index contributed by atoms with van der Waals surface area (Å²) >= 11 is 1.33. The van der Waals surface area contributed by atoms with Crippen molar-refractivity contribution >= 4 is 17.5 Å². The van der Waals surface area contributed by atoms with Gasteiger partial charge in [0.15, 0.2) is 11.6 Å². The van der Waals surface area contributed by atoms with E-state index in [1.165, 1.54) is 17.3 Å². The molecule has 3 aromatic rings. The number of aromatic nitrogens is 4. The van der Waals surface area contributed by atoms with Crippen LogP contribution in [0.25, 0.3) is 11.4 Å². The predicted molar refractivity (Wildman–Crippen MR) is 95.1 cm³/mol. The highest BCUT2D eigenvalue weighted by molar-refractivity contribution is 8.00. The van der Waals surface area contributed by atoms with Gasteiger partial charge in [0.25, 0.3) is 0 Å². The molecule has 0 fully saturated rings. The number of H-pyrrole nitrogens is 1. The lowest BCUT2D eigenvalue weighted by Gasteiger charge is -2.06. The first kappa shape index (κ1) is 16.4. The van der Waals surface area contributed by atoms with Crippen LogP contribution in [0.4, 0.5) is 0 Å². The van der Waals surface area contributed by atoms with Crippen molar-refractivity contribution in [2.75, 3.05) is 0 Å². The van der Waals surface area contributed by atoms with E-state index in [0.717, 1.165) is 12.0 Å². The maximum absolute atomic E-state index is 12.3. The minimum absolute atomic E-state index is 0.0285. The third-order valence-electron chi connectivity index (χ3n) is 3.67. The molecule has 0 radical (unpaired) electrons. The monoisotopic (exact) mass is 338 g/mol. The fraction of sp³-hybridized carbons (Fsp3) is 0.222. The van der Waals surface area contributed by atoms with Crippen LogP contribution < -0.4 is 0 Å². The lowest BCUT2D eigenvalue weighted by Crippen LogP contribution is -2.15. The molecule has 3 rings (SSSR count). The van der Waals surface area contributed by atoms with Gasteiger partial charge in [0.05, 0.1) is 5.25 Å². The Morgan fingerprint density at radius 2 is 2.00 bits per heavy atom. The van der Waals surface area contributed by atoms with Crippen molar-refractivity contribution in [1.29, 1.82) is 0 Å². The molecular formula is C18H18N4OS. The van der Waals surface area contributed by atoms with Gasteiger partial charge >= 0.3 is 0 Å². The molecule has 0 aliphatic carbocycles. The molecule has 24 heavy (non-hydrogen) atoms. The third-order valence-corrected chi connectivity index (χ3v) is 4.63. The fourth-order valence-electron chi connectivity index (χ4n) is 2.25. The molecule has 6 heteroatoms. The molecule has 0 aliphatic rings. The first-order valence-electron chi connectivity index (χ1n) is 7.81. The largest absolute Gasteiger partial charge is 0.291 e. The number of thioether (sulfide) groups is 1. The summed E-state index contributed by atoms with van der Waals surface area (Å²) in [5.41, 5.74) is 2.72. The number of Topliss-reactive ketones (excluding diaryl/α,β-unsaturated/α-hetero) is 1. The van der Waals surface area contributed by atoms with E-state index < -0.39 is 0 Å². The van der Waals surface area contributed by atoms with Gasteiger partial charge in [-0.2, -0.15) is 0 Å². The van der Waals surface area contributed by atoms with Crippen molar-refractivity contribution in [3.05, 3.63) is 59.9 Å². The Morgan fingerprint density at radius 1 is 1.21 bits per heavy atom. The Bertz CT molecular complexity index is 815. The average Bonchev–Trinajstić information content (AvgIpc) is 3.10. The average molecular weight is 338 g/mol. The molecule has 0 saturated heterocycles.